The van der Waals surface area contributed by atoms with E-state index < -0.39 is 23.1 Å². The van der Waals surface area contributed by atoms with Crippen LogP contribution in [0.3, 0.4) is 0 Å². The van der Waals surface area contributed by atoms with E-state index in [1.54, 1.807) is 54.6 Å². The molecule has 1 atom stereocenters. The fraction of sp³-hybridized carbons (Fsp3) is 0.240. The molecule has 1 fully saturated rings. The van der Waals surface area contributed by atoms with Gasteiger partial charge in [-0.05, 0) is 13.0 Å². The predicted molar refractivity (Wildman–Crippen MR) is 120 cm³/mol. The van der Waals surface area contributed by atoms with Gasteiger partial charge in [-0.2, -0.15) is 0 Å². The first kappa shape index (κ1) is 21.5. The number of ether oxygens (including phenoxy) is 1. The zero-order chi connectivity index (χ0) is 23.0. The molecule has 0 aliphatic carbocycles. The summed E-state index contributed by atoms with van der Waals surface area (Å²) >= 11 is 0. The van der Waals surface area contributed by atoms with Gasteiger partial charge in [-0.1, -0.05) is 54.1 Å². The highest BCUT2D eigenvalue weighted by atomic mass is 16.5. The van der Waals surface area contributed by atoms with Crippen LogP contribution in [-0.2, 0) is 24.7 Å². The highest BCUT2D eigenvalue weighted by molar-refractivity contribution is 6.50. The van der Waals surface area contributed by atoms with E-state index in [0.717, 1.165) is 5.56 Å². The van der Waals surface area contributed by atoms with Crippen LogP contribution < -0.4 is 4.90 Å². The van der Waals surface area contributed by atoms with Crippen LogP contribution in [0.15, 0.2) is 66.8 Å². The zero-order valence-corrected chi connectivity index (χ0v) is 18.0. The summed E-state index contributed by atoms with van der Waals surface area (Å²) in [5.74, 6) is -2.61. The number of methoxy groups -OCH3 is 1. The highest BCUT2D eigenvalue weighted by Gasteiger charge is 2.66. The van der Waals surface area contributed by atoms with Gasteiger partial charge in [0.05, 0.1) is 17.9 Å². The number of hydrogen-bond acceptors (Lipinski definition) is 5. The van der Waals surface area contributed by atoms with Gasteiger partial charge in [-0.3, -0.25) is 14.4 Å². The molecule has 0 radical (unpaired) electrons. The highest BCUT2D eigenvalue weighted by Crippen LogP contribution is 2.53. The number of aryl methyl sites for hydroxylation is 1. The number of anilines is 1. The summed E-state index contributed by atoms with van der Waals surface area (Å²) in [4.78, 5) is 43.2. The van der Waals surface area contributed by atoms with Gasteiger partial charge >= 0.3 is 0 Å². The van der Waals surface area contributed by atoms with Gasteiger partial charge in [0.2, 0.25) is 0 Å². The average Bonchev–Trinajstić information content (AvgIpc) is 3.17. The molecule has 2 amide bonds. The number of carbonyl (C=O) groups is 3. The number of aliphatic hydroxyl groups excluding tert-OH is 1. The normalized spacial score (nSPS) is 21.5. The molecule has 1 unspecified atom stereocenters. The summed E-state index contributed by atoms with van der Waals surface area (Å²) in [5.41, 5.74) is 0.351. The summed E-state index contributed by atoms with van der Waals surface area (Å²) in [6, 6.07) is 13.9. The molecule has 1 N–H and O–H groups in total. The number of benzene rings is 2. The lowest BCUT2D eigenvalue weighted by Gasteiger charge is -2.34. The van der Waals surface area contributed by atoms with Gasteiger partial charge in [-0.25, -0.2) is 0 Å². The van der Waals surface area contributed by atoms with Gasteiger partial charge in [0.1, 0.15) is 5.76 Å². The molecule has 164 valence electrons. The van der Waals surface area contributed by atoms with Crippen molar-refractivity contribution in [2.45, 2.75) is 12.5 Å². The summed E-state index contributed by atoms with van der Waals surface area (Å²) in [7, 11) is 1.48. The molecule has 2 aromatic rings. The number of aliphatic hydroxyl groups is 1. The third-order valence-electron chi connectivity index (χ3n) is 5.96. The molecule has 32 heavy (non-hydrogen) atoms. The van der Waals surface area contributed by atoms with Crippen molar-refractivity contribution in [1.82, 2.24) is 4.90 Å². The molecule has 0 aromatic heterocycles. The molecular weight excluding hydrogens is 408 g/mol. The second-order valence-electron chi connectivity index (χ2n) is 7.80. The summed E-state index contributed by atoms with van der Waals surface area (Å²) in [5, 5.41) is 11.3. The third-order valence-corrected chi connectivity index (χ3v) is 5.96. The third kappa shape index (κ3) is 2.89. The Labute approximate surface area is 186 Å². The van der Waals surface area contributed by atoms with Crippen molar-refractivity contribution >= 4 is 29.0 Å². The lowest BCUT2D eigenvalue weighted by molar-refractivity contribution is -0.144. The van der Waals surface area contributed by atoms with Gasteiger partial charge in [-0.15, -0.1) is 6.58 Å². The fourth-order valence-corrected chi connectivity index (χ4v) is 4.52. The fourth-order valence-electron chi connectivity index (χ4n) is 4.52. The number of rotatable bonds is 6. The maximum Gasteiger partial charge on any atom is 0.296 e. The lowest BCUT2D eigenvalue weighted by atomic mass is 9.82. The van der Waals surface area contributed by atoms with Crippen LogP contribution in [0.1, 0.15) is 16.7 Å². The van der Waals surface area contributed by atoms with Crippen LogP contribution in [0.5, 0.6) is 0 Å². The average molecular weight is 432 g/mol. The first-order chi connectivity index (χ1) is 15.4. The predicted octanol–water partition coefficient (Wildman–Crippen LogP) is 2.75. The Morgan fingerprint density at radius 2 is 1.81 bits per heavy atom. The summed E-state index contributed by atoms with van der Waals surface area (Å²) < 4.78 is 5.16. The van der Waals surface area contributed by atoms with E-state index in [-0.39, 0.29) is 31.0 Å². The smallest absolute Gasteiger partial charge is 0.296 e. The van der Waals surface area contributed by atoms with Crippen LogP contribution in [0.4, 0.5) is 5.69 Å². The van der Waals surface area contributed by atoms with Crippen LogP contribution in [0.25, 0.3) is 5.76 Å². The second-order valence-corrected chi connectivity index (χ2v) is 7.80. The van der Waals surface area contributed by atoms with Crippen LogP contribution in [0, 0.1) is 6.92 Å². The minimum absolute atomic E-state index is 0.00769. The molecule has 7 heteroatoms. The van der Waals surface area contributed by atoms with Gasteiger partial charge in [0.15, 0.2) is 5.54 Å². The van der Waals surface area contributed by atoms with Crippen LogP contribution >= 0.6 is 0 Å². The minimum Gasteiger partial charge on any atom is -0.507 e. The van der Waals surface area contributed by atoms with Gasteiger partial charge < -0.3 is 19.6 Å². The van der Waals surface area contributed by atoms with E-state index in [9.17, 15) is 19.5 Å². The van der Waals surface area contributed by atoms with Crippen molar-refractivity contribution < 1.29 is 24.2 Å². The number of para-hydroxylation sites is 1. The van der Waals surface area contributed by atoms with Crippen molar-refractivity contribution in [3.05, 3.63) is 83.4 Å². The molecule has 0 saturated carbocycles. The molecule has 1 spiro atoms. The Kier molecular flexibility index (Phi) is 5.44. The maximum absolute atomic E-state index is 14.0. The number of carbonyl (C=O) groups excluding carboxylic acids is 3. The Morgan fingerprint density at radius 1 is 1.12 bits per heavy atom. The quantitative estimate of drug-likeness (QED) is 0.328. The van der Waals surface area contributed by atoms with Gasteiger partial charge in [0, 0.05) is 31.3 Å². The topological polar surface area (TPSA) is 87.2 Å². The number of Topliss-reactive ketones (excluding diaryl/α,β-unsaturated/α-hetero) is 1. The minimum atomic E-state index is -1.78. The zero-order valence-electron chi connectivity index (χ0n) is 18.0. The van der Waals surface area contributed by atoms with E-state index >= 15 is 0 Å². The largest absolute Gasteiger partial charge is 0.507 e. The van der Waals surface area contributed by atoms with E-state index in [4.69, 9.17) is 4.74 Å². The standard InChI is InChI=1S/C25H24N2O5/c1-4-13-26-19-8-6-5-7-18(19)25(24(26)31)20(21(28)17-11-9-16(2)10-12-17)22(29)23(30)27(25)14-15-32-3/h4-12,28H,1,13-15H2,2-3H3/b21-20-. The Balaban J connectivity index is 2.06. The van der Waals surface area contributed by atoms with E-state index in [2.05, 4.69) is 6.58 Å². The molecule has 2 aromatic carbocycles. The molecule has 0 bridgehead atoms. The molecule has 2 aliphatic rings. The van der Waals surface area contributed by atoms with E-state index in [1.807, 2.05) is 6.92 Å². The number of likely N-dealkylation sites (tertiary alicyclic amines) is 1. The first-order valence-electron chi connectivity index (χ1n) is 10.3. The molecule has 7 nitrogen and oxygen atoms in total. The SMILES string of the molecule is C=CCN1C(=O)C2(/C(=C(\O)c3ccc(C)cc3)C(=O)C(=O)N2CCOC)c2ccccc21. The second kappa shape index (κ2) is 8.09. The van der Waals surface area contributed by atoms with Crippen molar-refractivity contribution in [3.63, 3.8) is 0 Å². The van der Waals surface area contributed by atoms with E-state index in [0.29, 0.717) is 16.8 Å². The number of hydrogen-bond donors (Lipinski definition) is 1. The molecular formula is C25H24N2O5. The number of amides is 2. The maximum atomic E-state index is 14.0. The van der Waals surface area contributed by atoms with Crippen molar-refractivity contribution in [2.75, 3.05) is 31.7 Å². The van der Waals surface area contributed by atoms with Crippen molar-refractivity contribution in [3.8, 4) is 0 Å². The molecule has 2 heterocycles. The Bertz CT molecular complexity index is 1150. The summed E-state index contributed by atoms with van der Waals surface area (Å²) in [6.45, 7) is 5.95. The Hall–Kier alpha value is -3.71. The first-order valence-corrected chi connectivity index (χ1v) is 10.3. The molecule has 4 rings (SSSR count). The van der Waals surface area contributed by atoms with E-state index in [1.165, 1.54) is 16.9 Å². The lowest BCUT2D eigenvalue weighted by Crippen LogP contribution is -2.52. The Morgan fingerprint density at radius 3 is 2.47 bits per heavy atom. The number of ketones is 1. The molecule has 2 aliphatic heterocycles. The number of nitrogens with zero attached hydrogens (tertiary/aromatic N) is 2. The van der Waals surface area contributed by atoms with Gasteiger partial charge in [0.25, 0.3) is 17.6 Å². The van der Waals surface area contributed by atoms with Crippen LogP contribution in [0.2, 0.25) is 0 Å². The van der Waals surface area contributed by atoms with Crippen molar-refractivity contribution in [1.29, 1.82) is 0 Å². The molecule has 1 saturated heterocycles. The summed E-state index contributed by atoms with van der Waals surface area (Å²) in [6.07, 6.45) is 1.58. The monoisotopic (exact) mass is 432 g/mol. The number of fused-ring (bicyclic) bond motifs is 2. The van der Waals surface area contributed by atoms with Crippen LogP contribution in [-0.4, -0.2) is 54.4 Å². The van der Waals surface area contributed by atoms with Crippen molar-refractivity contribution in [2.24, 2.45) is 0 Å².